The van der Waals surface area contributed by atoms with Crippen molar-refractivity contribution in [3.63, 3.8) is 0 Å². The van der Waals surface area contributed by atoms with Gasteiger partial charge in [0.15, 0.2) is 5.96 Å². The minimum absolute atomic E-state index is 0. The Morgan fingerprint density at radius 3 is 2.71 bits per heavy atom. The van der Waals surface area contributed by atoms with Crippen molar-refractivity contribution in [2.24, 2.45) is 4.99 Å². The zero-order chi connectivity index (χ0) is 16.5. The van der Waals surface area contributed by atoms with Crippen LogP contribution in [-0.4, -0.2) is 47.3 Å². The van der Waals surface area contributed by atoms with Gasteiger partial charge in [0.2, 0.25) is 0 Å². The molecule has 2 aromatic rings. The maximum absolute atomic E-state index is 5.29. The quantitative estimate of drug-likeness (QED) is 0.295. The number of ether oxygens (including phenoxy) is 1. The molecule has 0 unspecified atom stereocenters. The van der Waals surface area contributed by atoms with E-state index in [1.807, 2.05) is 42.9 Å². The molecular weight excluding hydrogens is 419 g/mol. The Kier molecular flexibility index (Phi) is 9.31. The third kappa shape index (κ3) is 6.08. The van der Waals surface area contributed by atoms with Gasteiger partial charge in [-0.05, 0) is 25.5 Å². The van der Waals surface area contributed by atoms with Gasteiger partial charge in [0.1, 0.15) is 11.6 Å². The minimum atomic E-state index is 0. The molecule has 2 rings (SSSR count). The van der Waals surface area contributed by atoms with E-state index in [4.69, 9.17) is 4.74 Å². The molecule has 132 valence electrons. The summed E-state index contributed by atoms with van der Waals surface area (Å²) in [5.74, 6) is 2.53. The molecule has 0 spiro atoms. The first-order valence-corrected chi connectivity index (χ1v) is 7.72. The molecule has 0 bridgehead atoms. The molecule has 8 heteroatoms. The van der Waals surface area contributed by atoms with Gasteiger partial charge in [0.05, 0.1) is 6.61 Å². The highest BCUT2D eigenvalue weighted by molar-refractivity contribution is 14.0. The second kappa shape index (κ2) is 11.0. The van der Waals surface area contributed by atoms with E-state index in [-0.39, 0.29) is 24.0 Å². The van der Waals surface area contributed by atoms with Gasteiger partial charge >= 0.3 is 0 Å². The number of hydrogen-bond acceptors (Lipinski definition) is 4. The highest BCUT2D eigenvalue weighted by atomic mass is 127. The summed E-state index contributed by atoms with van der Waals surface area (Å²) in [6.45, 7) is 6.71. The minimum Gasteiger partial charge on any atom is -0.380 e. The molecule has 0 aromatic carbocycles. The fourth-order valence-electron chi connectivity index (χ4n) is 2.08. The standard InChI is InChI=1S/C16H24N6O.HI/c1-4-23-10-8-19-16(17-3)21-12-14-5-6-15(20-11-14)22-9-7-18-13(22)2;/h5-7,9,11H,4,8,10,12H2,1-3H3,(H2,17,19,21);1H. The number of aliphatic imine (C=N–C) groups is 1. The zero-order valence-corrected chi connectivity index (χ0v) is 16.7. The average molecular weight is 444 g/mol. The van der Waals surface area contributed by atoms with Crippen LogP contribution < -0.4 is 10.6 Å². The van der Waals surface area contributed by atoms with Crippen molar-refractivity contribution in [2.75, 3.05) is 26.8 Å². The lowest BCUT2D eigenvalue weighted by molar-refractivity contribution is 0.152. The molecule has 0 fully saturated rings. The van der Waals surface area contributed by atoms with Crippen LogP contribution in [0.15, 0.2) is 35.7 Å². The van der Waals surface area contributed by atoms with Crippen LogP contribution in [0.3, 0.4) is 0 Å². The fourth-order valence-corrected chi connectivity index (χ4v) is 2.08. The van der Waals surface area contributed by atoms with Gasteiger partial charge in [-0.25, -0.2) is 9.97 Å². The summed E-state index contributed by atoms with van der Waals surface area (Å²) in [6, 6.07) is 4.03. The van der Waals surface area contributed by atoms with Crippen LogP contribution in [0.25, 0.3) is 5.82 Å². The SMILES string of the molecule is CCOCCNC(=NC)NCc1ccc(-n2ccnc2C)nc1.I. The molecule has 2 aromatic heterocycles. The topological polar surface area (TPSA) is 76.4 Å². The van der Waals surface area contributed by atoms with E-state index in [9.17, 15) is 0 Å². The third-order valence-corrected chi connectivity index (χ3v) is 3.31. The van der Waals surface area contributed by atoms with Crippen LogP contribution in [0.4, 0.5) is 0 Å². The molecule has 24 heavy (non-hydrogen) atoms. The maximum atomic E-state index is 5.29. The van der Waals surface area contributed by atoms with Crippen LogP contribution in [0.2, 0.25) is 0 Å². The van der Waals surface area contributed by atoms with Gasteiger partial charge in [-0.2, -0.15) is 0 Å². The van der Waals surface area contributed by atoms with Crippen molar-refractivity contribution in [3.05, 3.63) is 42.1 Å². The Morgan fingerprint density at radius 1 is 1.29 bits per heavy atom. The normalized spacial score (nSPS) is 11.0. The van der Waals surface area contributed by atoms with E-state index < -0.39 is 0 Å². The summed E-state index contributed by atoms with van der Waals surface area (Å²) in [5.41, 5.74) is 1.08. The van der Waals surface area contributed by atoms with Gasteiger partial charge in [-0.15, -0.1) is 24.0 Å². The fraction of sp³-hybridized carbons (Fsp3) is 0.438. The lowest BCUT2D eigenvalue weighted by Gasteiger charge is -2.12. The molecule has 0 aliphatic rings. The summed E-state index contributed by atoms with van der Waals surface area (Å²) in [7, 11) is 1.75. The van der Waals surface area contributed by atoms with Crippen molar-refractivity contribution in [1.82, 2.24) is 25.2 Å². The molecular formula is C16H25IN6O. The van der Waals surface area contributed by atoms with Crippen LogP contribution in [-0.2, 0) is 11.3 Å². The summed E-state index contributed by atoms with van der Waals surface area (Å²) in [6.07, 6.45) is 5.53. The number of guanidine groups is 1. The van der Waals surface area contributed by atoms with Crippen LogP contribution >= 0.6 is 24.0 Å². The summed E-state index contributed by atoms with van der Waals surface area (Å²) < 4.78 is 7.24. The van der Waals surface area contributed by atoms with E-state index in [0.29, 0.717) is 13.2 Å². The van der Waals surface area contributed by atoms with E-state index in [2.05, 4.69) is 25.6 Å². The smallest absolute Gasteiger partial charge is 0.191 e. The van der Waals surface area contributed by atoms with Crippen molar-refractivity contribution in [1.29, 1.82) is 0 Å². The maximum Gasteiger partial charge on any atom is 0.191 e. The third-order valence-electron chi connectivity index (χ3n) is 3.31. The first kappa shape index (κ1) is 20.4. The summed E-state index contributed by atoms with van der Waals surface area (Å²) >= 11 is 0. The average Bonchev–Trinajstić information content (AvgIpc) is 3.01. The Bertz CT molecular complexity index is 626. The summed E-state index contributed by atoms with van der Waals surface area (Å²) in [4.78, 5) is 12.9. The predicted octanol–water partition coefficient (Wildman–Crippen LogP) is 1.90. The largest absolute Gasteiger partial charge is 0.380 e. The van der Waals surface area contributed by atoms with E-state index in [0.717, 1.165) is 36.3 Å². The number of hydrogen-bond donors (Lipinski definition) is 2. The second-order valence-electron chi connectivity index (χ2n) is 4.92. The number of nitrogens with zero attached hydrogens (tertiary/aromatic N) is 4. The number of halogens is 1. The second-order valence-corrected chi connectivity index (χ2v) is 4.92. The van der Waals surface area contributed by atoms with Crippen LogP contribution in [0.5, 0.6) is 0 Å². The first-order valence-electron chi connectivity index (χ1n) is 7.72. The van der Waals surface area contributed by atoms with Gasteiger partial charge in [0, 0.05) is 45.3 Å². The molecule has 0 amide bonds. The monoisotopic (exact) mass is 444 g/mol. The molecule has 0 saturated heterocycles. The lowest BCUT2D eigenvalue weighted by atomic mass is 10.3. The van der Waals surface area contributed by atoms with Crippen molar-refractivity contribution in [2.45, 2.75) is 20.4 Å². The van der Waals surface area contributed by atoms with Crippen molar-refractivity contribution >= 4 is 29.9 Å². The number of aryl methyl sites for hydroxylation is 1. The van der Waals surface area contributed by atoms with Crippen LogP contribution in [0, 0.1) is 6.92 Å². The van der Waals surface area contributed by atoms with E-state index >= 15 is 0 Å². The summed E-state index contributed by atoms with van der Waals surface area (Å²) in [5, 5.41) is 6.45. The molecule has 0 aliphatic carbocycles. The molecule has 0 radical (unpaired) electrons. The van der Waals surface area contributed by atoms with E-state index in [1.165, 1.54) is 0 Å². The number of nitrogens with one attached hydrogen (secondary N) is 2. The van der Waals surface area contributed by atoms with Crippen molar-refractivity contribution in [3.8, 4) is 5.82 Å². The Labute approximate surface area is 160 Å². The molecule has 0 aliphatic heterocycles. The first-order chi connectivity index (χ1) is 11.2. The van der Waals surface area contributed by atoms with Gasteiger partial charge in [-0.1, -0.05) is 6.07 Å². The molecule has 2 N–H and O–H groups in total. The van der Waals surface area contributed by atoms with Crippen molar-refractivity contribution < 1.29 is 4.74 Å². The van der Waals surface area contributed by atoms with Gasteiger partial charge < -0.3 is 15.4 Å². The Hall–Kier alpha value is -1.68. The van der Waals surface area contributed by atoms with Gasteiger partial charge in [0.25, 0.3) is 0 Å². The highest BCUT2D eigenvalue weighted by Crippen LogP contribution is 2.08. The Balaban J connectivity index is 0.00000288. The predicted molar refractivity (Wildman–Crippen MR) is 106 cm³/mol. The van der Waals surface area contributed by atoms with Gasteiger partial charge in [-0.3, -0.25) is 9.56 Å². The number of rotatable bonds is 7. The van der Waals surface area contributed by atoms with Crippen LogP contribution in [0.1, 0.15) is 18.3 Å². The Morgan fingerprint density at radius 2 is 2.12 bits per heavy atom. The zero-order valence-electron chi connectivity index (χ0n) is 14.3. The highest BCUT2D eigenvalue weighted by Gasteiger charge is 2.03. The molecule has 0 atom stereocenters. The number of imidazole rings is 1. The number of aromatic nitrogens is 3. The lowest BCUT2D eigenvalue weighted by Crippen LogP contribution is -2.38. The molecule has 0 saturated carbocycles. The van der Waals surface area contributed by atoms with E-state index in [1.54, 1.807) is 13.2 Å². The molecule has 7 nitrogen and oxygen atoms in total. The number of pyridine rings is 1. The molecule has 2 heterocycles.